The number of morpholine rings is 1. The van der Waals surface area contributed by atoms with E-state index in [1.54, 1.807) is 19.1 Å². The first-order chi connectivity index (χ1) is 11.6. The number of para-hydroxylation sites is 1. The molecule has 0 aliphatic carbocycles. The number of ether oxygens (including phenoxy) is 1. The van der Waals surface area contributed by atoms with E-state index in [2.05, 4.69) is 4.90 Å². The fourth-order valence-electron chi connectivity index (χ4n) is 3.17. The summed E-state index contributed by atoms with van der Waals surface area (Å²) in [5.41, 5.74) is 0.688. The highest BCUT2D eigenvalue weighted by Gasteiger charge is 2.43. The van der Waals surface area contributed by atoms with Crippen molar-refractivity contribution in [1.82, 2.24) is 9.80 Å². The number of rotatable bonds is 5. The lowest BCUT2D eigenvalue weighted by Crippen LogP contribution is -2.46. The molecule has 0 radical (unpaired) electrons. The van der Waals surface area contributed by atoms with Gasteiger partial charge in [-0.25, -0.2) is 4.79 Å². The monoisotopic (exact) mass is 333 g/mol. The van der Waals surface area contributed by atoms with Crippen LogP contribution in [0, 0.1) is 0 Å². The molecular formula is C17H23N3O4. The van der Waals surface area contributed by atoms with Crippen molar-refractivity contribution < 1.29 is 19.4 Å². The number of carbonyl (C=O) groups excluding carboxylic acids is 2. The molecule has 0 bridgehead atoms. The molecule has 2 atom stereocenters. The molecule has 2 saturated heterocycles. The van der Waals surface area contributed by atoms with Gasteiger partial charge in [0.05, 0.1) is 25.9 Å². The Balaban J connectivity index is 1.65. The van der Waals surface area contributed by atoms with Crippen LogP contribution in [0.1, 0.15) is 6.92 Å². The molecule has 3 amide bonds. The van der Waals surface area contributed by atoms with E-state index in [4.69, 9.17) is 4.74 Å². The highest BCUT2D eigenvalue weighted by atomic mass is 16.5. The summed E-state index contributed by atoms with van der Waals surface area (Å²) in [7, 11) is 0. The number of urea groups is 1. The van der Waals surface area contributed by atoms with Crippen molar-refractivity contribution in [3.05, 3.63) is 30.3 Å². The Bertz CT molecular complexity index is 589. The Morgan fingerprint density at radius 3 is 2.50 bits per heavy atom. The minimum Gasteiger partial charge on any atom is -0.390 e. The van der Waals surface area contributed by atoms with Crippen LogP contribution in [0.4, 0.5) is 10.5 Å². The van der Waals surface area contributed by atoms with Crippen molar-refractivity contribution >= 4 is 17.6 Å². The Morgan fingerprint density at radius 2 is 1.83 bits per heavy atom. The van der Waals surface area contributed by atoms with Gasteiger partial charge in [-0.15, -0.1) is 0 Å². The number of benzene rings is 1. The number of aliphatic hydroxyl groups excluding tert-OH is 1. The van der Waals surface area contributed by atoms with Crippen LogP contribution in [-0.2, 0) is 9.53 Å². The molecule has 24 heavy (non-hydrogen) atoms. The SMILES string of the molecule is CC1C(=O)N(CC(O)CN2CCOCC2)C(=O)N1c1ccccc1. The van der Waals surface area contributed by atoms with Gasteiger partial charge >= 0.3 is 6.03 Å². The predicted molar refractivity (Wildman–Crippen MR) is 88.8 cm³/mol. The number of anilines is 1. The predicted octanol–water partition coefficient (Wildman–Crippen LogP) is 0.537. The lowest BCUT2D eigenvalue weighted by atomic mass is 10.2. The molecule has 0 saturated carbocycles. The minimum absolute atomic E-state index is 0.0166. The summed E-state index contributed by atoms with van der Waals surface area (Å²) >= 11 is 0. The molecule has 7 heteroatoms. The maximum absolute atomic E-state index is 12.6. The molecule has 2 heterocycles. The Labute approximate surface area is 141 Å². The van der Waals surface area contributed by atoms with Gasteiger partial charge < -0.3 is 9.84 Å². The van der Waals surface area contributed by atoms with E-state index in [1.807, 2.05) is 18.2 Å². The number of amides is 3. The molecule has 7 nitrogen and oxygen atoms in total. The molecule has 2 fully saturated rings. The van der Waals surface area contributed by atoms with Crippen LogP contribution in [0.15, 0.2) is 30.3 Å². The highest BCUT2D eigenvalue weighted by Crippen LogP contribution is 2.25. The van der Waals surface area contributed by atoms with E-state index in [-0.39, 0.29) is 18.5 Å². The molecule has 1 N–H and O–H groups in total. The van der Waals surface area contributed by atoms with E-state index in [0.717, 1.165) is 18.0 Å². The molecule has 1 aromatic rings. The standard InChI is InChI=1S/C17H23N3O4/c1-13-16(22)19(12-15(21)11-18-7-9-24-10-8-18)17(23)20(13)14-5-3-2-4-6-14/h2-6,13,15,21H,7-12H2,1H3. The van der Waals surface area contributed by atoms with E-state index in [1.165, 1.54) is 4.90 Å². The van der Waals surface area contributed by atoms with Gasteiger partial charge in [-0.1, -0.05) is 18.2 Å². The van der Waals surface area contributed by atoms with Crippen LogP contribution in [-0.4, -0.2) is 78.4 Å². The van der Waals surface area contributed by atoms with Crippen molar-refractivity contribution in [1.29, 1.82) is 0 Å². The number of nitrogens with zero attached hydrogens (tertiary/aromatic N) is 3. The smallest absolute Gasteiger partial charge is 0.332 e. The average Bonchev–Trinajstić information content (AvgIpc) is 2.80. The molecular weight excluding hydrogens is 310 g/mol. The first kappa shape index (κ1) is 16.9. The average molecular weight is 333 g/mol. The third kappa shape index (κ3) is 3.43. The van der Waals surface area contributed by atoms with Gasteiger partial charge in [-0.3, -0.25) is 19.5 Å². The number of carbonyl (C=O) groups is 2. The van der Waals surface area contributed by atoms with Gasteiger partial charge in [0.2, 0.25) is 0 Å². The number of imide groups is 1. The second-order valence-electron chi connectivity index (χ2n) is 6.18. The van der Waals surface area contributed by atoms with Gasteiger partial charge in [0.25, 0.3) is 5.91 Å². The van der Waals surface area contributed by atoms with Crippen molar-refractivity contribution in [3.63, 3.8) is 0 Å². The largest absolute Gasteiger partial charge is 0.390 e. The summed E-state index contributed by atoms with van der Waals surface area (Å²) in [5.74, 6) is -0.273. The third-order valence-corrected chi connectivity index (χ3v) is 4.45. The molecule has 3 rings (SSSR count). The Hall–Kier alpha value is -1.96. The maximum Gasteiger partial charge on any atom is 0.332 e. The zero-order valence-corrected chi connectivity index (χ0v) is 13.8. The first-order valence-corrected chi connectivity index (χ1v) is 8.25. The quantitative estimate of drug-likeness (QED) is 0.796. The molecule has 2 aliphatic heterocycles. The van der Waals surface area contributed by atoms with E-state index in [0.29, 0.717) is 25.4 Å². The number of hydrogen-bond donors (Lipinski definition) is 1. The zero-order valence-electron chi connectivity index (χ0n) is 13.8. The van der Waals surface area contributed by atoms with Crippen molar-refractivity contribution in [2.45, 2.75) is 19.1 Å². The van der Waals surface area contributed by atoms with Gasteiger partial charge in [-0.05, 0) is 19.1 Å². The topological polar surface area (TPSA) is 73.3 Å². The molecule has 2 unspecified atom stereocenters. The molecule has 2 aliphatic rings. The van der Waals surface area contributed by atoms with Crippen molar-refractivity contribution in [2.75, 3.05) is 44.3 Å². The lowest BCUT2D eigenvalue weighted by Gasteiger charge is -2.29. The second-order valence-corrected chi connectivity index (χ2v) is 6.18. The van der Waals surface area contributed by atoms with Crippen LogP contribution in [0.5, 0.6) is 0 Å². The van der Waals surface area contributed by atoms with Crippen molar-refractivity contribution in [2.24, 2.45) is 0 Å². The second kappa shape index (κ2) is 7.29. The summed E-state index contributed by atoms with van der Waals surface area (Å²) in [6, 6.07) is 8.19. The fraction of sp³-hybridized carbons (Fsp3) is 0.529. The maximum atomic E-state index is 12.6. The van der Waals surface area contributed by atoms with E-state index >= 15 is 0 Å². The van der Waals surface area contributed by atoms with Gasteiger partial charge in [0.15, 0.2) is 0 Å². The van der Waals surface area contributed by atoms with Crippen LogP contribution in [0.3, 0.4) is 0 Å². The van der Waals surface area contributed by atoms with Crippen LogP contribution >= 0.6 is 0 Å². The van der Waals surface area contributed by atoms with Crippen LogP contribution in [0.25, 0.3) is 0 Å². The summed E-state index contributed by atoms with van der Waals surface area (Å²) in [5, 5.41) is 10.3. The van der Waals surface area contributed by atoms with Gasteiger partial charge in [-0.2, -0.15) is 0 Å². The summed E-state index contributed by atoms with van der Waals surface area (Å²) in [6.07, 6.45) is -0.765. The van der Waals surface area contributed by atoms with E-state index in [9.17, 15) is 14.7 Å². The normalized spacial score (nSPS) is 23.8. The molecule has 130 valence electrons. The molecule has 0 spiro atoms. The first-order valence-electron chi connectivity index (χ1n) is 8.25. The minimum atomic E-state index is -0.765. The van der Waals surface area contributed by atoms with Crippen LogP contribution in [0.2, 0.25) is 0 Å². The Kier molecular flexibility index (Phi) is 5.13. The summed E-state index contributed by atoms with van der Waals surface area (Å²) in [6.45, 7) is 4.96. The van der Waals surface area contributed by atoms with Crippen molar-refractivity contribution in [3.8, 4) is 0 Å². The fourth-order valence-corrected chi connectivity index (χ4v) is 3.17. The van der Waals surface area contributed by atoms with E-state index < -0.39 is 12.1 Å². The van der Waals surface area contributed by atoms with Crippen LogP contribution < -0.4 is 4.90 Å². The van der Waals surface area contributed by atoms with Gasteiger partial charge in [0, 0.05) is 25.3 Å². The highest BCUT2D eigenvalue weighted by molar-refractivity contribution is 6.14. The number of hydrogen-bond acceptors (Lipinski definition) is 5. The number of aliphatic hydroxyl groups is 1. The van der Waals surface area contributed by atoms with Gasteiger partial charge in [0.1, 0.15) is 6.04 Å². The lowest BCUT2D eigenvalue weighted by molar-refractivity contribution is -0.128. The zero-order chi connectivity index (χ0) is 17.1. The molecule has 0 aromatic heterocycles. The Morgan fingerprint density at radius 1 is 1.17 bits per heavy atom. The molecule has 1 aromatic carbocycles. The summed E-state index contributed by atoms with van der Waals surface area (Å²) < 4.78 is 5.28. The summed E-state index contributed by atoms with van der Waals surface area (Å²) in [4.78, 5) is 29.8. The number of β-amino-alcohol motifs (C(OH)–C–C–N with tert-alkyl or cyclic N) is 1. The third-order valence-electron chi connectivity index (χ3n) is 4.45.